The standard InChI is InChI=1S/C17H23N3O/c1-3-7-20-17(14-5-8-18-9-6-14)15-11-16(13-19-12-15)21-10-4-2/h5-6,8-9,11-13,17,20H,3-4,7,10H2,1-2H3. The summed E-state index contributed by atoms with van der Waals surface area (Å²) in [6.45, 7) is 5.93. The molecule has 0 aromatic carbocycles. The number of rotatable bonds is 8. The SMILES string of the molecule is CCCNC(c1ccncc1)c1cncc(OCCC)c1. The van der Waals surface area contributed by atoms with Crippen LogP contribution in [0.5, 0.6) is 5.75 Å². The Morgan fingerprint density at radius 1 is 1.05 bits per heavy atom. The number of hydrogen-bond acceptors (Lipinski definition) is 4. The Kier molecular flexibility index (Phi) is 6.16. The lowest BCUT2D eigenvalue weighted by Gasteiger charge is -2.19. The predicted molar refractivity (Wildman–Crippen MR) is 84.4 cm³/mol. The van der Waals surface area contributed by atoms with E-state index >= 15 is 0 Å². The topological polar surface area (TPSA) is 47.0 Å². The highest BCUT2D eigenvalue weighted by Gasteiger charge is 2.14. The number of nitrogens with zero attached hydrogens (tertiary/aromatic N) is 2. The molecule has 4 heteroatoms. The van der Waals surface area contributed by atoms with Crippen molar-refractivity contribution < 1.29 is 4.74 Å². The van der Waals surface area contributed by atoms with E-state index in [4.69, 9.17) is 4.74 Å². The summed E-state index contributed by atoms with van der Waals surface area (Å²) in [5, 5.41) is 3.56. The Hall–Kier alpha value is -1.94. The number of ether oxygens (including phenoxy) is 1. The molecule has 2 heterocycles. The van der Waals surface area contributed by atoms with Gasteiger partial charge in [-0.3, -0.25) is 9.97 Å². The van der Waals surface area contributed by atoms with Gasteiger partial charge in [-0.1, -0.05) is 13.8 Å². The number of hydrogen-bond donors (Lipinski definition) is 1. The van der Waals surface area contributed by atoms with Gasteiger partial charge in [-0.2, -0.15) is 0 Å². The van der Waals surface area contributed by atoms with Gasteiger partial charge in [-0.15, -0.1) is 0 Å². The van der Waals surface area contributed by atoms with E-state index in [1.807, 2.05) is 30.7 Å². The van der Waals surface area contributed by atoms with Crippen LogP contribution >= 0.6 is 0 Å². The molecule has 2 rings (SSSR count). The average Bonchev–Trinajstić information content (AvgIpc) is 2.55. The summed E-state index contributed by atoms with van der Waals surface area (Å²) in [5.41, 5.74) is 2.30. The molecule has 1 N–H and O–H groups in total. The minimum absolute atomic E-state index is 0.116. The van der Waals surface area contributed by atoms with Crippen LogP contribution in [0.25, 0.3) is 0 Å². The summed E-state index contributed by atoms with van der Waals surface area (Å²) in [7, 11) is 0. The van der Waals surface area contributed by atoms with E-state index < -0.39 is 0 Å². The fraction of sp³-hybridized carbons (Fsp3) is 0.412. The first-order valence-electron chi connectivity index (χ1n) is 7.56. The Labute approximate surface area is 126 Å². The van der Waals surface area contributed by atoms with Crippen molar-refractivity contribution in [3.8, 4) is 5.75 Å². The molecular formula is C17H23N3O. The molecule has 0 fully saturated rings. The third kappa shape index (κ3) is 4.53. The highest BCUT2D eigenvalue weighted by Crippen LogP contribution is 2.24. The van der Waals surface area contributed by atoms with Crippen LogP contribution in [0.2, 0.25) is 0 Å². The maximum atomic E-state index is 5.68. The van der Waals surface area contributed by atoms with Crippen LogP contribution in [0.3, 0.4) is 0 Å². The second-order valence-electron chi connectivity index (χ2n) is 4.97. The number of nitrogens with one attached hydrogen (secondary N) is 1. The molecule has 0 radical (unpaired) electrons. The van der Waals surface area contributed by atoms with E-state index in [-0.39, 0.29) is 6.04 Å². The maximum absolute atomic E-state index is 5.68. The van der Waals surface area contributed by atoms with E-state index in [0.29, 0.717) is 6.61 Å². The zero-order valence-corrected chi connectivity index (χ0v) is 12.7. The molecule has 2 aromatic heterocycles. The molecule has 0 aliphatic heterocycles. The molecule has 0 saturated heterocycles. The first-order valence-corrected chi connectivity index (χ1v) is 7.56. The highest BCUT2D eigenvalue weighted by atomic mass is 16.5. The second-order valence-corrected chi connectivity index (χ2v) is 4.97. The molecule has 1 atom stereocenters. The van der Waals surface area contributed by atoms with Gasteiger partial charge in [-0.05, 0) is 48.7 Å². The molecule has 0 spiro atoms. The monoisotopic (exact) mass is 285 g/mol. The van der Waals surface area contributed by atoms with Crippen LogP contribution in [0.15, 0.2) is 43.0 Å². The molecule has 0 saturated carbocycles. The number of aromatic nitrogens is 2. The summed E-state index contributed by atoms with van der Waals surface area (Å²) >= 11 is 0. The van der Waals surface area contributed by atoms with E-state index in [2.05, 4.69) is 35.2 Å². The molecule has 0 amide bonds. The van der Waals surface area contributed by atoms with E-state index in [1.54, 1.807) is 6.20 Å². The van der Waals surface area contributed by atoms with Crippen LogP contribution in [-0.2, 0) is 0 Å². The van der Waals surface area contributed by atoms with Gasteiger partial charge >= 0.3 is 0 Å². The van der Waals surface area contributed by atoms with E-state index in [1.165, 1.54) is 5.56 Å². The van der Waals surface area contributed by atoms with Crippen molar-refractivity contribution in [2.24, 2.45) is 0 Å². The second kappa shape index (κ2) is 8.37. The molecule has 0 aliphatic rings. The molecule has 0 aliphatic carbocycles. The molecule has 1 unspecified atom stereocenters. The third-order valence-electron chi connectivity index (χ3n) is 3.18. The zero-order valence-electron chi connectivity index (χ0n) is 12.7. The minimum Gasteiger partial charge on any atom is -0.492 e. The van der Waals surface area contributed by atoms with Crippen molar-refractivity contribution in [3.63, 3.8) is 0 Å². The van der Waals surface area contributed by atoms with Gasteiger partial charge in [0.25, 0.3) is 0 Å². The van der Waals surface area contributed by atoms with Crippen LogP contribution in [0.4, 0.5) is 0 Å². The molecule has 112 valence electrons. The predicted octanol–water partition coefficient (Wildman–Crippen LogP) is 3.35. The van der Waals surface area contributed by atoms with Crippen molar-refractivity contribution in [1.82, 2.24) is 15.3 Å². The van der Waals surface area contributed by atoms with E-state index in [0.717, 1.165) is 30.7 Å². The van der Waals surface area contributed by atoms with Gasteiger partial charge in [0.2, 0.25) is 0 Å². The highest BCUT2D eigenvalue weighted by molar-refractivity contribution is 5.33. The van der Waals surface area contributed by atoms with Crippen LogP contribution in [0.1, 0.15) is 43.9 Å². The minimum atomic E-state index is 0.116. The average molecular weight is 285 g/mol. The van der Waals surface area contributed by atoms with Crippen LogP contribution < -0.4 is 10.1 Å². The Balaban J connectivity index is 2.23. The van der Waals surface area contributed by atoms with Gasteiger partial charge in [-0.25, -0.2) is 0 Å². The maximum Gasteiger partial charge on any atom is 0.137 e. The summed E-state index contributed by atoms with van der Waals surface area (Å²) in [6, 6.07) is 6.25. The Morgan fingerprint density at radius 2 is 1.86 bits per heavy atom. The van der Waals surface area contributed by atoms with Gasteiger partial charge in [0.05, 0.1) is 18.8 Å². The largest absolute Gasteiger partial charge is 0.492 e. The molecule has 21 heavy (non-hydrogen) atoms. The van der Waals surface area contributed by atoms with Gasteiger partial charge < -0.3 is 10.1 Å². The quantitative estimate of drug-likeness (QED) is 0.808. The van der Waals surface area contributed by atoms with Crippen LogP contribution in [-0.4, -0.2) is 23.1 Å². The molecule has 4 nitrogen and oxygen atoms in total. The van der Waals surface area contributed by atoms with E-state index in [9.17, 15) is 0 Å². The van der Waals surface area contributed by atoms with Crippen molar-refractivity contribution in [3.05, 3.63) is 54.1 Å². The summed E-state index contributed by atoms with van der Waals surface area (Å²) in [6.07, 6.45) is 9.38. The lowest BCUT2D eigenvalue weighted by atomic mass is 10.0. The normalized spacial score (nSPS) is 12.1. The lowest BCUT2D eigenvalue weighted by Crippen LogP contribution is -2.23. The summed E-state index contributed by atoms with van der Waals surface area (Å²) in [4.78, 5) is 8.40. The fourth-order valence-corrected chi connectivity index (χ4v) is 2.17. The van der Waals surface area contributed by atoms with Crippen molar-refractivity contribution in [2.75, 3.05) is 13.2 Å². The molecule has 0 bridgehead atoms. The summed E-state index contributed by atoms with van der Waals surface area (Å²) < 4.78 is 5.68. The Bertz CT molecular complexity index is 531. The van der Waals surface area contributed by atoms with Gasteiger partial charge in [0, 0.05) is 18.6 Å². The fourth-order valence-electron chi connectivity index (χ4n) is 2.17. The van der Waals surface area contributed by atoms with Crippen LogP contribution in [0, 0.1) is 0 Å². The number of pyridine rings is 2. The lowest BCUT2D eigenvalue weighted by molar-refractivity contribution is 0.315. The third-order valence-corrected chi connectivity index (χ3v) is 3.18. The van der Waals surface area contributed by atoms with Crippen molar-refractivity contribution in [2.45, 2.75) is 32.7 Å². The van der Waals surface area contributed by atoms with Crippen molar-refractivity contribution in [1.29, 1.82) is 0 Å². The smallest absolute Gasteiger partial charge is 0.137 e. The Morgan fingerprint density at radius 3 is 2.57 bits per heavy atom. The van der Waals surface area contributed by atoms with Crippen molar-refractivity contribution >= 4 is 0 Å². The summed E-state index contributed by atoms with van der Waals surface area (Å²) in [5.74, 6) is 0.826. The van der Waals surface area contributed by atoms with Gasteiger partial charge in [0.1, 0.15) is 5.75 Å². The molecule has 2 aromatic rings. The molecular weight excluding hydrogens is 262 g/mol. The zero-order chi connectivity index (χ0) is 14.9. The first kappa shape index (κ1) is 15.4. The van der Waals surface area contributed by atoms with Gasteiger partial charge in [0.15, 0.2) is 0 Å². The first-order chi connectivity index (χ1) is 10.3.